The third kappa shape index (κ3) is 4.02. The number of carbonyl (C=O) groups excluding carboxylic acids is 1. The Kier molecular flexibility index (Phi) is 6.15. The van der Waals surface area contributed by atoms with E-state index in [0.717, 1.165) is 17.7 Å². The van der Waals surface area contributed by atoms with Crippen LogP contribution in [0.4, 0.5) is 0 Å². The Morgan fingerprint density at radius 2 is 2.24 bits per heavy atom. The molecule has 0 aliphatic carbocycles. The van der Waals surface area contributed by atoms with Crippen LogP contribution in [0.1, 0.15) is 24.9 Å². The van der Waals surface area contributed by atoms with Crippen LogP contribution in [0.5, 0.6) is 0 Å². The van der Waals surface area contributed by atoms with Crippen molar-refractivity contribution in [2.75, 3.05) is 19.0 Å². The smallest absolute Gasteiger partial charge is 0.249 e. The molecule has 1 aromatic rings. The molecular formula is C16H20ClNO2S. The van der Waals surface area contributed by atoms with Crippen LogP contribution in [0.15, 0.2) is 36.3 Å². The molecule has 1 aromatic carbocycles. The van der Waals surface area contributed by atoms with E-state index in [2.05, 4.69) is 13.5 Å². The zero-order chi connectivity index (χ0) is 15.2. The van der Waals surface area contributed by atoms with Gasteiger partial charge in [-0.05, 0) is 29.5 Å². The predicted molar refractivity (Wildman–Crippen MR) is 88.6 cm³/mol. The lowest BCUT2D eigenvalue weighted by molar-refractivity contribution is -0.151. The van der Waals surface area contributed by atoms with E-state index >= 15 is 0 Å². The van der Waals surface area contributed by atoms with E-state index in [0.29, 0.717) is 11.6 Å². The van der Waals surface area contributed by atoms with Gasteiger partial charge in [0, 0.05) is 16.8 Å². The molecule has 2 unspecified atom stereocenters. The summed E-state index contributed by atoms with van der Waals surface area (Å²) in [5.74, 6) is 0.910. The second-order valence-electron chi connectivity index (χ2n) is 4.95. The van der Waals surface area contributed by atoms with E-state index in [4.69, 9.17) is 16.3 Å². The van der Waals surface area contributed by atoms with Gasteiger partial charge in [0.25, 0.3) is 0 Å². The van der Waals surface area contributed by atoms with Gasteiger partial charge in [-0.1, -0.05) is 37.2 Å². The van der Waals surface area contributed by atoms with Crippen molar-refractivity contribution >= 4 is 29.3 Å². The molecule has 1 aliphatic rings. The number of hydrogen-bond acceptors (Lipinski definition) is 3. The molecule has 0 spiro atoms. The van der Waals surface area contributed by atoms with Crippen LogP contribution in [0, 0.1) is 0 Å². The number of morpholine rings is 1. The molecule has 0 bridgehead atoms. The van der Waals surface area contributed by atoms with Crippen molar-refractivity contribution in [2.24, 2.45) is 0 Å². The summed E-state index contributed by atoms with van der Waals surface area (Å²) >= 11 is 7.59. The van der Waals surface area contributed by atoms with Crippen molar-refractivity contribution < 1.29 is 9.53 Å². The Labute approximate surface area is 135 Å². The highest BCUT2D eigenvalue weighted by atomic mass is 35.5. The van der Waals surface area contributed by atoms with Crippen molar-refractivity contribution in [1.29, 1.82) is 0 Å². The number of halogens is 1. The Morgan fingerprint density at radius 1 is 1.52 bits per heavy atom. The average molecular weight is 326 g/mol. The maximum Gasteiger partial charge on any atom is 0.249 e. The zero-order valence-electron chi connectivity index (χ0n) is 12.1. The fraction of sp³-hybridized carbons (Fsp3) is 0.438. The summed E-state index contributed by atoms with van der Waals surface area (Å²) in [7, 11) is 0. The fourth-order valence-electron chi connectivity index (χ4n) is 2.56. The van der Waals surface area contributed by atoms with Crippen LogP contribution in [-0.4, -0.2) is 35.8 Å². The summed E-state index contributed by atoms with van der Waals surface area (Å²) in [5.41, 5.74) is 1.06. The molecule has 1 heterocycles. The van der Waals surface area contributed by atoms with Crippen LogP contribution in [-0.2, 0) is 9.53 Å². The average Bonchev–Trinajstić information content (AvgIpc) is 2.50. The largest absolute Gasteiger partial charge is 0.369 e. The monoisotopic (exact) mass is 325 g/mol. The number of nitrogens with zero attached hydrogens (tertiary/aromatic N) is 1. The van der Waals surface area contributed by atoms with E-state index in [1.54, 1.807) is 11.8 Å². The van der Waals surface area contributed by atoms with Gasteiger partial charge in [0.05, 0.1) is 12.6 Å². The first-order chi connectivity index (χ1) is 10.2. The summed E-state index contributed by atoms with van der Waals surface area (Å²) < 4.78 is 5.46. The van der Waals surface area contributed by atoms with E-state index in [9.17, 15) is 4.79 Å². The Morgan fingerprint density at radius 3 is 2.86 bits per heavy atom. The maximum absolute atomic E-state index is 12.3. The number of amides is 1. The maximum atomic E-state index is 12.3. The minimum absolute atomic E-state index is 0.0427. The molecular weight excluding hydrogens is 306 g/mol. The summed E-state index contributed by atoms with van der Waals surface area (Å²) in [4.78, 5) is 14.3. The molecule has 0 aromatic heterocycles. The highest BCUT2D eigenvalue weighted by Gasteiger charge is 2.34. The summed E-state index contributed by atoms with van der Waals surface area (Å²) in [6, 6.07) is 7.79. The second-order valence-corrected chi connectivity index (χ2v) is 6.38. The fourth-order valence-corrected chi connectivity index (χ4v) is 3.44. The Bertz CT molecular complexity index is 492. The topological polar surface area (TPSA) is 29.5 Å². The van der Waals surface area contributed by atoms with Gasteiger partial charge in [-0.15, -0.1) is 11.8 Å². The van der Waals surface area contributed by atoms with Gasteiger partial charge < -0.3 is 9.64 Å². The van der Waals surface area contributed by atoms with Gasteiger partial charge in [0.2, 0.25) is 5.91 Å². The lowest BCUT2D eigenvalue weighted by atomic mass is 10.0. The molecule has 1 amide bonds. The SMILES string of the molecule is C=CSCC(CC)N1C(=O)COCC1c1ccc(Cl)cc1. The summed E-state index contributed by atoms with van der Waals surface area (Å²) in [6.07, 6.45) is 0.913. The molecule has 1 fully saturated rings. The molecule has 2 rings (SSSR count). The first kappa shape index (κ1) is 16.4. The minimum Gasteiger partial charge on any atom is -0.369 e. The van der Waals surface area contributed by atoms with Gasteiger partial charge in [-0.25, -0.2) is 0 Å². The van der Waals surface area contributed by atoms with Gasteiger partial charge in [-0.3, -0.25) is 4.79 Å². The van der Waals surface area contributed by atoms with Gasteiger partial charge >= 0.3 is 0 Å². The predicted octanol–water partition coefficient (Wildman–Crippen LogP) is 3.90. The third-order valence-corrected chi connectivity index (χ3v) is 4.72. The van der Waals surface area contributed by atoms with Crippen LogP contribution >= 0.6 is 23.4 Å². The molecule has 1 aliphatic heterocycles. The Balaban J connectivity index is 2.25. The lowest BCUT2D eigenvalue weighted by Gasteiger charge is -2.41. The van der Waals surface area contributed by atoms with E-state index in [1.165, 1.54) is 0 Å². The summed E-state index contributed by atoms with van der Waals surface area (Å²) in [6.45, 7) is 6.54. The summed E-state index contributed by atoms with van der Waals surface area (Å²) in [5, 5.41) is 2.52. The standard InChI is InChI=1S/C16H20ClNO2S/c1-3-14(11-21-4-2)18-15(9-20-10-16(18)19)12-5-7-13(17)8-6-12/h4-8,14-15H,2-3,9-11H2,1H3. The highest BCUT2D eigenvalue weighted by molar-refractivity contribution is 8.02. The van der Waals surface area contributed by atoms with E-state index in [-0.39, 0.29) is 24.6 Å². The molecule has 21 heavy (non-hydrogen) atoms. The zero-order valence-corrected chi connectivity index (χ0v) is 13.7. The number of thioether (sulfide) groups is 1. The van der Waals surface area contributed by atoms with Gasteiger partial charge in [-0.2, -0.15) is 0 Å². The molecule has 2 atom stereocenters. The first-order valence-corrected chi connectivity index (χ1v) is 8.47. The molecule has 1 saturated heterocycles. The molecule has 0 radical (unpaired) electrons. The van der Waals surface area contributed by atoms with Crippen molar-refractivity contribution in [3.8, 4) is 0 Å². The van der Waals surface area contributed by atoms with Crippen LogP contribution < -0.4 is 0 Å². The minimum atomic E-state index is -0.0427. The molecule has 0 saturated carbocycles. The number of hydrogen-bond donors (Lipinski definition) is 0. The van der Waals surface area contributed by atoms with Crippen molar-refractivity contribution in [3.63, 3.8) is 0 Å². The van der Waals surface area contributed by atoms with Crippen LogP contribution in [0.25, 0.3) is 0 Å². The van der Waals surface area contributed by atoms with Gasteiger partial charge in [0.15, 0.2) is 0 Å². The molecule has 3 nitrogen and oxygen atoms in total. The highest BCUT2D eigenvalue weighted by Crippen LogP contribution is 2.30. The Hall–Kier alpha value is -0.970. The van der Waals surface area contributed by atoms with Crippen LogP contribution in [0.3, 0.4) is 0 Å². The van der Waals surface area contributed by atoms with Crippen molar-refractivity contribution in [3.05, 3.63) is 46.8 Å². The van der Waals surface area contributed by atoms with Crippen molar-refractivity contribution in [2.45, 2.75) is 25.4 Å². The first-order valence-electron chi connectivity index (χ1n) is 7.04. The van der Waals surface area contributed by atoms with Crippen molar-refractivity contribution in [1.82, 2.24) is 4.90 Å². The number of carbonyl (C=O) groups is 1. The van der Waals surface area contributed by atoms with E-state index < -0.39 is 0 Å². The quantitative estimate of drug-likeness (QED) is 0.794. The number of rotatable bonds is 6. The second kappa shape index (κ2) is 7.87. The molecule has 0 N–H and O–H groups in total. The van der Waals surface area contributed by atoms with Crippen LogP contribution in [0.2, 0.25) is 5.02 Å². The normalized spacial score (nSPS) is 20.4. The third-order valence-electron chi connectivity index (χ3n) is 3.65. The number of benzene rings is 1. The number of ether oxygens (including phenoxy) is 1. The molecule has 114 valence electrons. The molecule has 5 heteroatoms. The van der Waals surface area contributed by atoms with E-state index in [1.807, 2.05) is 34.6 Å². The van der Waals surface area contributed by atoms with Gasteiger partial charge in [0.1, 0.15) is 6.61 Å². The lowest BCUT2D eigenvalue weighted by Crippen LogP contribution is -2.50.